The largest absolute Gasteiger partial charge is 0.507 e. The molecule has 3 heterocycles. The Morgan fingerprint density at radius 1 is 1.07 bits per heavy atom. The average Bonchev–Trinajstić information content (AvgIpc) is 3.17. The number of piperidine rings is 1. The number of aromatic hydroxyl groups is 1. The zero-order valence-electron chi connectivity index (χ0n) is 16.1. The van der Waals surface area contributed by atoms with Gasteiger partial charge in [0.15, 0.2) is 5.82 Å². The van der Waals surface area contributed by atoms with Gasteiger partial charge < -0.3 is 14.7 Å². The fourth-order valence-electron chi connectivity index (χ4n) is 4.24. The highest BCUT2D eigenvalue weighted by Crippen LogP contribution is 2.29. The maximum atomic E-state index is 10.1. The number of methoxy groups -OCH3 is 1. The van der Waals surface area contributed by atoms with Gasteiger partial charge >= 0.3 is 0 Å². The molecular weight excluding hydrogens is 340 g/mol. The van der Waals surface area contributed by atoms with Gasteiger partial charge in [0.05, 0.1) is 11.7 Å². The SMILES string of the molecule is CO[C@H]1CCN(C2CCN(c3cc(C)nc(-c4ccccc4O)n3)CC2)C1. The minimum Gasteiger partial charge on any atom is -0.507 e. The van der Waals surface area contributed by atoms with Gasteiger partial charge in [-0.05, 0) is 38.3 Å². The summed E-state index contributed by atoms with van der Waals surface area (Å²) in [4.78, 5) is 14.2. The van der Waals surface area contributed by atoms with Crippen LogP contribution in [0.25, 0.3) is 11.4 Å². The number of hydrogen-bond donors (Lipinski definition) is 1. The van der Waals surface area contributed by atoms with Crippen LogP contribution >= 0.6 is 0 Å². The van der Waals surface area contributed by atoms with Crippen LogP contribution in [0.4, 0.5) is 5.82 Å². The van der Waals surface area contributed by atoms with Crippen molar-refractivity contribution in [3.8, 4) is 17.1 Å². The summed E-state index contributed by atoms with van der Waals surface area (Å²) in [7, 11) is 1.82. The molecule has 0 radical (unpaired) electrons. The van der Waals surface area contributed by atoms with E-state index in [9.17, 15) is 5.11 Å². The molecule has 0 aliphatic carbocycles. The van der Waals surface area contributed by atoms with E-state index in [4.69, 9.17) is 9.72 Å². The van der Waals surface area contributed by atoms with Crippen LogP contribution in [0.15, 0.2) is 30.3 Å². The molecule has 2 aromatic rings. The molecular formula is C21H28N4O2. The molecule has 4 rings (SSSR count). The normalized spacial score (nSPS) is 21.7. The van der Waals surface area contributed by atoms with Crippen LogP contribution in [0.1, 0.15) is 25.0 Å². The molecule has 0 spiro atoms. The quantitative estimate of drug-likeness (QED) is 0.895. The summed E-state index contributed by atoms with van der Waals surface area (Å²) < 4.78 is 5.51. The van der Waals surface area contributed by atoms with Crippen molar-refractivity contribution >= 4 is 5.82 Å². The molecule has 2 aliphatic heterocycles. The van der Waals surface area contributed by atoms with E-state index in [-0.39, 0.29) is 5.75 Å². The van der Waals surface area contributed by atoms with Crippen LogP contribution in [0.5, 0.6) is 5.75 Å². The van der Waals surface area contributed by atoms with Crippen molar-refractivity contribution in [1.82, 2.24) is 14.9 Å². The highest BCUT2D eigenvalue weighted by molar-refractivity contribution is 5.65. The summed E-state index contributed by atoms with van der Waals surface area (Å²) in [6.45, 7) is 6.18. The van der Waals surface area contributed by atoms with Crippen molar-refractivity contribution in [2.75, 3.05) is 38.2 Å². The molecule has 6 nitrogen and oxygen atoms in total. The predicted octanol–water partition coefficient (Wildman–Crippen LogP) is 2.85. The minimum atomic E-state index is 0.217. The van der Waals surface area contributed by atoms with E-state index < -0.39 is 0 Å². The van der Waals surface area contributed by atoms with Crippen LogP contribution in [0.2, 0.25) is 0 Å². The molecule has 6 heteroatoms. The first-order valence-corrected chi connectivity index (χ1v) is 9.80. The number of likely N-dealkylation sites (tertiary alicyclic amines) is 1. The van der Waals surface area contributed by atoms with Gasteiger partial charge in [0.1, 0.15) is 11.6 Å². The Kier molecular flexibility index (Phi) is 5.27. The summed E-state index contributed by atoms with van der Waals surface area (Å²) >= 11 is 0. The van der Waals surface area contributed by atoms with E-state index in [0.29, 0.717) is 23.5 Å². The van der Waals surface area contributed by atoms with Crippen molar-refractivity contribution < 1.29 is 9.84 Å². The lowest BCUT2D eigenvalue weighted by Crippen LogP contribution is -2.44. The number of aryl methyl sites for hydroxylation is 1. The second kappa shape index (κ2) is 7.82. The number of para-hydroxylation sites is 1. The Morgan fingerprint density at radius 2 is 1.85 bits per heavy atom. The van der Waals surface area contributed by atoms with E-state index in [1.165, 1.54) is 0 Å². The average molecular weight is 368 g/mol. The van der Waals surface area contributed by atoms with Gasteiger partial charge in [0, 0.05) is 51.1 Å². The standard InChI is InChI=1S/C21H28N4O2/c1-15-13-20(23-21(22-15)18-5-3-4-6-19(18)26)24-10-7-16(8-11-24)25-12-9-17(14-25)27-2/h3-6,13,16-17,26H,7-12,14H2,1-2H3/t17-/m0/s1. The molecule has 0 unspecified atom stereocenters. The third-order valence-corrected chi connectivity index (χ3v) is 5.80. The topological polar surface area (TPSA) is 61.7 Å². The monoisotopic (exact) mass is 368 g/mol. The third kappa shape index (κ3) is 3.92. The molecule has 2 aliphatic rings. The number of phenolic OH excluding ortho intramolecular Hbond substituents is 1. The highest BCUT2D eigenvalue weighted by Gasteiger charge is 2.31. The van der Waals surface area contributed by atoms with E-state index in [2.05, 4.69) is 14.8 Å². The Balaban J connectivity index is 1.46. The fraction of sp³-hybridized carbons (Fsp3) is 0.524. The molecule has 2 saturated heterocycles. The zero-order valence-corrected chi connectivity index (χ0v) is 16.1. The maximum absolute atomic E-state index is 10.1. The number of hydrogen-bond acceptors (Lipinski definition) is 6. The lowest BCUT2D eigenvalue weighted by Gasteiger charge is -2.37. The van der Waals surface area contributed by atoms with E-state index in [1.54, 1.807) is 6.07 Å². The molecule has 27 heavy (non-hydrogen) atoms. The summed E-state index contributed by atoms with van der Waals surface area (Å²) in [5.41, 5.74) is 1.60. The van der Waals surface area contributed by atoms with Crippen LogP contribution in [-0.4, -0.2) is 65.4 Å². The molecule has 0 amide bonds. The van der Waals surface area contributed by atoms with Gasteiger partial charge in [0.2, 0.25) is 0 Å². The number of nitrogens with zero attached hydrogens (tertiary/aromatic N) is 4. The lowest BCUT2D eigenvalue weighted by molar-refractivity contribution is 0.0974. The predicted molar refractivity (Wildman–Crippen MR) is 106 cm³/mol. The van der Waals surface area contributed by atoms with E-state index in [1.807, 2.05) is 38.3 Å². The molecule has 1 atom stereocenters. The number of ether oxygens (including phenoxy) is 1. The molecule has 2 fully saturated rings. The van der Waals surface area contributed by atoms with Crippen LogP contribution < -0.4 is 4.90 Å². The van der Waals surface area contributed by atoms with Crippen molar-refractivity contribution in [3.63, 3.8) is 0 Å². The number of anilines is 1. The minimum absolute atomic E-state index is 0.217. The van der Waals surface area contributed by atoms with E-state index >= 15 is 0 Å². The second-order valence-corrected chi connectivity index (χ2v) is 7.57. The molecule has 1 aromatic heterocycles. The molecule has 1 aromatic carbocycles. The number of aromatic nitrogens is 2. The summed E-state index contributed by atoms with van der Waals surface area (Å²) in [5, 5.41) is 10.1. The zero-order chi connectivity index (χ0) is 18.8. The Bertz CT molecular complexity index is 790. The van der Waals surface area contributed by atoms with Crippen LogP contribution in [0.3, 0.4) is 0 Å². The van der Waals surface area contributed by atoms with Gasteiger partial charge in [-0.3, -0.25) is 4.90 Å². The first-order chi connectivity index (χ1) is 13.1. The van der Waals surface area contributed by atoms with Crippen LogP contribution in [-0.2, 0) is 4.74 Å². The lowest BCUT2D eigenvalue weighted by atomic mass is 10.0. The fourth-order valence-corrected chi connectivity index (χ4v) is 4.24. The summed E-state index contributed by atoms with van der Waals surface area (Å²) in [6, 6.07) is 9.93. The Morgan fingerprint density at radius 3 is 2.56 bits per heavy atom. The first kappa shape index (κ1) is 18.2. The van der Waals surface area contributed by atoms with E-state index in [0.717, 1.165) is 57.0 Å². The number of rotatable bonds is 4. The van der Waals surface area contributed by atoms with Gasteiger partial charge in [0.25, 0.3) is 0 Å². The first-order valence-electron chi connectivity index (χ1n) is 9.80. The van der Waals surface area contributed by atoms with Crippen molar-refractivity contribution in [3.05, 3.63) is 36.0 Å². The van der Waals surface area contributed by atoms with Crippen molar-refractivity contribution in [2.24, 2.45) is 0 Å². The van der Waals surface area contributed by atoms with Gasteiger partial charge in [-0.2, -0.15) is 0 Å². The molecule has 144 valence electrons. The summed E-state index contributed by atoms with van der Waals surface area (Å²) in [5.74, 6) is 1.76. The third-order valence-electron chi connectivity index (χ3n) is 5.80. The Labute approximate surface area is 160 Å². The van der Waals surface area contributed by atoms with Gasteiger partial charge in [-0.25, -0.2) is 9.97 Å². The van der Waals surface area contributed by atoms with Crippen LogP contribution in [0, 0.1) is 6.92 Å². The number of phenols is 1. The molecule has 0 bridgehead atoms. The van der Waals surface area contributed by atoms with Crippen molar-refractivity contribution in [2.45, 2.75) is 38.3 Å². The highest BCUT2D eigenvalue weighted by atomic mass is 16.5. The molecule has 0 saturated carbocycles. The molecule has 1 N–H and O–H groups in total. The summed E-state index contributed by atoms with van der Waals surface area (Å²) in [6.07, 6.45) is 3.83. The van der Waals surface area contributed by atoms with Gasteiger partial charge in [-0.15, -0.1) is 0 Å². The smallest absolute Gasteiger partial charge is 0.165 e. The Hall–Kier alpha value is -2.18. The number of benzene rings is 1. The second-order valence-electron chi connectivity index (χ2n) is 7.57. The van der Waals surface area contributed by atoms with Gasteiger partial charge in [-0.1, -0.05) is 12.1 Å². The van der Waals surface area contributed by atoms with Crippen molar-refractivity contribution in [1.29, 1.82) is 0 Å². The maximum Gasteiger partial charge on any atom is 0.165 e.